The van der Waals surface area contributed by atoms with Crippen LogP contribution in [0.15, 0.2) is 53.6 Å². The van der Waals surface area contributed by atoms with Crippen LogP contribution in [-0.2, 0) is 11.3 Å². The van der Waals surface area contributed by atoms with Crippen LogP contribution in [0, 0.1) is 0 Å². The van der Waals surface area contributed by atoms with Crippen molar-refractivity contribution in [2.75, 3.05) is 6.61 Å². The Morgan fingerprint density at radius 2 is 2.00 bits per heavy atom. The van der Waals surface area contributed by atoms with Gasteiger partial charge in [0.15, 0.2) is 6.61 Å². The third-order valence-electron chi connectivity index (χ3n) is 3.37. The van der Waals surface area contributed by atoms with Crippen LogP contribution in [0.1, 0.15) is 6.92 Å². The Labute approximate surface area is 149 Å². The van der Waals surface area contributed by atoms with E-state index in [1.165, 1.54) is 0 Å². The Bertz CT molecular complexity index is 922. The van der Waals surface area contributed by atoms with Gasteiger partial charge in [0.1, 0.15) is 11.3 Å². The normalized spacial score (nSPS) is 11.5. The second-order valence-electron chi connectivity index (χ2n) is 5.34. The number of hydrogen-bond donors (Lipinski definition) is 1. The molecule has 0 aliphatic rings. The third-order valence-corrected chi connectivity index (χ3v) is 3.68. The molecule has 1 heterocycles. The second-order valence-corrected chi connectivity index (χ2v) is 5.74. The van der Waals surface area contributed by atoms with Crippen molar-refractivity contribution in [1.82, 2.24) is 20.4 Å². The Balaban J connectivity index is 1.54. The molecule has 0 saturated heterocycles. The predicted octanol–water partition coefficient (Wildman–Crippen LogP) is 2.66. The summed E-state index contributed by atoms with van der Waals surface area (Å²) in [7, 11) is 0. The quantitative estimate of drug-likeness (QED) is 0.543. The summed E-state index contributed by atoms with van der Waals surface area (Å²) >= 11 is 5.96. The largest absolute Gasteiger partial charge is 0.482 e. The van der Waals surface area contributed by atoms with Crippen LogP contribution in [0.4, 0.5) is 0 Å². The van der Waals surface area contributed by atoms with Gasteiger partial charge in [-0.15, -0.1) is 5.10 Å². The fourth-order valence-electron chi connectivity index (χ4n) is 2.18. The van der Waals surface area contributed by atoms with Crippen LogP contribution < -0.4 is 10.2 Å². The van der Waals surface area contributed by atoms with Crippen molar-refractivity contribution in [2.45, 2.75) is 13.5 Å². The minimum Gasteiger partial charge on any atom is -0.482 e. The number of aromatic nitrogens is 3. The first-order valence-corrected chi connectivity index (χ1v) is 7.99. The molecule has 0 unspecified atom stereocenters. The molecule has 0 aliphatic carbocycles. The number of halogens is 1. The van der Waals surface area contributed by atoms with Crippen LogP contribution >= 0.6 is 11.6 Å². The van der Waals surface area contributed by atoms with Gasteiger partial charge in [-0.3, -0.25) is 4.79 Å². The Kier molecular flexibility index (Phi) is 5.25. The standard InChI is InChI=1S/C17H16ClN5O2/c1-12(10-23-15-8-4-3-7-14(15)20-22-23)19-21-17(24)11-25-16-9-5-2-6-13(16)18/h2-9H,10-11H2,1H3,(H,21,24). The lowest BCUT2D eigenvalue weighted by atomic mass is 10.3. The molecule has 0 bridgehead atoms. The van der Waals surface area contributed by atoms with Crippen molar-refractivity contribution in [3.63, 3.8) is 0 Å². The third kappa shape index (κ3) is 4.33. The molecule has 1 amide bonds. The Morgan fingerprint density at radius 3 is 2.84 bits per heavy atom. The van der Waals surface area contributed by atoms with Crippen LogP contribution in [0.2, 0.25) is 5.02 Å². The first-order valence-electron chi connectivity index (χ1n) is 7.61. The molecule has 0 aliphatic heterocycles. The fourth-order valence-corrected chi connectivity index (χ4v) is 2.37. The average Bonchev–Trinajstić information content (AvgIpc) is 3.02. The second kappa shape index (κ2) is 7.76. The maximum atomic E-state index is 11.8. The monoisotopic (exact) mass is 357 g/mol. The lowest BCUT2D eigenvalue weighted by molar-refractivity contribution is -0.123. The summed E-state index contributed by atoms with van der Waals surface area (Å²) in [5, 5.41) is 12.7. The molecule has 0 fully saturated rings. The van der Waals surface area contributed by atoms with Gasteiger partial charge in [0.2, 0.25) is 0 Å². The number of para-hydroxylation sites is 2. The molecule has 0 radical (unpaired) electrons. The molecule has 0 atom stereocenters. The van der Waals surface area contributed by atoms with E-state index in [4.69, 9.17) is 16.3 Å². The van der Waals surface area contributed by atoms with E-state index in [2.05, 4.69) is 20.8 Å². The Hall–Kier alpha value is -2.93. The molecule has 2 aromatic carbocycles. The van der Waals surface area contributed by atoms with E-state index < -0.39 is 0 Å². The highest BCUT2D eigenvalue weighted by molar-refractivity contribution is 6.32. The number of fused-ring (bicyclic) bond motifs is 1. The van der Waals surface area contributed by atoms with Crippen molar-refractivity contribution in [3.8, 4) is 5.75 Å². The van der Waals surface area contributed by atoms with Crippen LogP contribution in [0.5, 0.6) is 5.75 Å². The van der Waals surface area contributed by atoms with Gasteiger partial charge in [-0.25, -0.2) is 10.1 Å². The first-order chi connectivity index (χ1) is 12.1. The molecule has 3 aromatic rings. The lowest BCUT2D eigenvalue weighted by Gasteiger charge is -2.07. The molecule has 0 spiro atoms. The summed E-state index contributed by atoms with van der Waals surface area (Å²) < 4.78 is 7.08. The van der Waals surface area contributed by atoms with Gasteiger partial charge in [-0.2, -0.15) is 5.10 Å². The minimum absolute atomic E-state index is 0.174. The van der Waals surface area contributed by atoms with E-state index in [1.54, 1.807) is 35.9 Å². The van der Waals surface area contributed by atoms with E-state index in [1.807, 2.05) is 24.3 Å². The van der Waals surface area contributed by atoms with Gasteiger partial charge in [-0.05, 0) is 31.2 Å². The zero-order valence-electron chi connectivity index (χ0n) is 13.5. The zero-order valence-corrected chi connectivity index (χ0v) is 14.3. The fraction of sp³-hybridized carbons (Fsp3) is 0.176. The van der Waals surface area contributed by atoms with Crippen molar-refractivity contribution in [1.29, 1.82) is 0 Å². The molecular formula is C17H16ClN5O2. The SMILES string of the molecule is CC(Cn1nnc2ccccc21)=NNC(=O)COc1ccccc1Cl. The van der Waals surface area contributed by atoms with Crippen LogP contribution in [0.3, 0.4) is 0 Å². The topological polar surface area (TPSA) is 81.4 Å². The highest BCUT2D eigenvalue weighted by Gasteiger charge is 2.06. The van der Waals surface area contributed by atoms with Crippen molar-refractivity contribution >= 4 is 34.3 Å². The number of carbonyl (C=O) groups is 1. The highest BCUT2D eigenvalue weighted by Crippen LogP contribution is 2.22. The van der Waals surface area contributed by atoms with Gasteiger partial charge in [0, 0.05) is 0 Å². The van der Waals surface area contributed by atoms with Crippen molar-refractivity contribution < 1.29 is 9.53 Å². The number of nitrogens with one attached hydrogen (secondary N) is 1. The number of nitrogens with zero attached hydrogens (tertiary/aromatic N) is 4. The molecule has 25 heavy (non-hydrogen) atoms. The van der Waals surface area contributed by atoms with Crippen LogP contribution in [0.25, 0.3) is 11.0 Å². The maximum absolute atomic E-state index is 11.8. The van der Waals surface area contributed by atoms with Gasteiger partial charge in [0.05, 0.1) is 22.8 Å². The number of benzene rings is 2. The summed E-state index contributed by atoms with van der Waals surface area (Å²) in [5.41, 5.74) is 4.85. The molecule has 3 rings (SSSR count). The number of hydrazone groups is 1. The van der Waals surface area contributed by atoms with E-state index in [9.17, 15) is 4.79 Å². The Morgan fingerprint density at radius 1 is 1.24 bits per heavy atom. The van der Waals surface area contributed by atoms with E-state index in [0.29, 0.717) is 23.0 Å². The molecule has 1 aromatic heterocycles. The number of ether oxygens (including phenoxy) is 1. The first kappa shape index (κ1) is 16.9. The van der Waals surface area contributed by atoms with Crippen molar-refractivity contribution in [2.24, 2.45) is 5.10 Å². The van der Waals surface area contributed by atoms with E-state index in [0.717, 1.165) is 11.0 Å². The zero-order chi connectivity index (χ0) is 17.6. The predicted molar refractivity (Wildman–Crippen MR) is 95.7 cm³/mol. The van der Waals surface area contributed by atoms with Gasteiger partial charge in [-0.1, -0.05) is 41.1 Å². The molecular weight excluding hydrogens is 342 g/mol. The lowest BCUT2D eigenvalue weighted by Crippen LogP contribution is -2.26. The van der Waals surface area contributed by atoms with Gasteiger partial charge < -0.3 is 4.74 Å². The summed E-state index contributed by atoms with van der Waals surface area (Å²) in [6.45, 7) is 2.05. The molecule has 1 N–H and O–H groups in total. The number of hydrogen-bond acceptors (Lipinski definition) is 5. The van der Waals surface area contributed by atoms with Crippen molar-refractivity contribution in [3.05, 3.63) is 53.6 Å². The smallest absolute Gasteiger partial charge is 0.277 e. The maximum Gasteiger partial charge on any atom is 0.277 e. The van der Waals surface area contributed by atoms with E-state index >= 15 is 0 Å². The summed E-state index contributed by atoms with van der Waals surface area (Å²) in [5.74, 6) is 0.0804. The number of carbonyl (C=O) groups excluding carboxylic acids is 1. The van der Waals surface area contributed by atoms with Crippen LogP contribution in [-0.4, -0.2) is 33.2 Å². The summed E-state index contributed by atoms with van der Waals surface area (Å²) in [4.78, 5) is 11.8. The molecule has 7 nitrogen and oxygen atoms in total. The van der Waals surface area contributed by atoms with Gasteiger partial charge >= 0.3 is 0 Å². The number of rotatable bonds is 6. The highest BCUT2D eigenvalue weighted by atomic mass is 35.5. The van der Waals surface area contributed by atoms with Gasteiger partial charge in [0.25, 0.3) is 5.91 Å². The molecule has 8 heteroatoms. The van der Waals surface area contributed by atoms with E-state index in [-0.39, 0.29) is 12.5 Å². The number of amides is 1. The summed E-state index contributed by atoms with van der Waals surface area (Å²) in [6, 6.07) is 14.6. The minimum atomic E-state index is -0.372. The molecule has 0 saturated carbocycles. The summed E-state index contributed by atoms with van der Waals surface area (Å²) in [6.07, 6.45) is 0. The molecule has 128 valence electrons. The average molecular weight is 358 g/mol.